The second-order valence-electron chi connectivity index (χ2n) is 6.96. The Kier molecular flexibility index (Phi) is 5.73. The zero-order chi connectivity index (χ0) is 20.2. The van der Waals surface area contributed by atoms with E-state index in [1.54, 1.807) is 18.2 Å². The first kappa shape index (κ1) is 19.4. The molecule has 3 N–H and O–H groups in total. The fourth-order valence-corrected chi connectivity index (χ4v) is 3.65. The Balaban J connectivity index is 1.22. The molecule has 0 saturated carbocycles. The number of carbonyl (C=O) groups is 2. The van der Waals surface area contributed by atoms with Gasteiger partial charge in [0.25, 0.3) is 5.91 Å². The van der Waals surface area contributed by atoms with Gasteiger partial charge < -0.3 is 24.6 Å². The SMILES string of the molecule is O=C(C[NH+]1CCN(c2cccc(Cl)c2)CC1)NC(=O)Nc1ccc2c(c1)OCO2. The van der Waals surface area contributed by atoms with Crippen molar-refractivity contribution >= 4 is 34.9 Å². The van der Waals surface area contributed by atoms with Gasteiger partial charge in [0.05, 0.1) is 26.2 Å². The van der Waals surface area contributed by atoms with E-state index in [2.05, 4.69) is 15.5 Å². The predicted octanol–water partition coefficient (Wildman–Crippen LogP) is 1.12. The number of hydrogen-bond donors (Lipinski definition) is 3. The summed E-state index contributed by atoms with van der Waals surface area (Å²) >= 11 is 6.06. The van der Waals surface area contributed by atoms with Gasteiger partial charge in [-0.2, -0.15) is 0 Å². The zero-order valence-electron chi connectivity index (χ0n) is 15.7. The molecule has 0 unspecified atom stereocenters. The molecule has 152 valence electrons. The van der Waals surface area contributed by atoms with E-state index in [1.165, 1.54) is 0 Å². The number of fused-ring (bicyclic) bond motifs is 1. The normalized spacial score (nSPS) is 15.8. The van der Waals surface area contributed by atoms with Crippen LogP contribution >= 0.6 is 11.6 Å². The number of halogens is 1. The molecule has 0 aromatic heterocycles. The van der Waals surface area contributed by atoms with Crippen LogP contribution in [-0.2, 0) is 4.79 Å². The molecule has 29 heavy (non-hydrogen) atoms. The largest absolute Gasteiger partial charge is 0.454 e. The van der Waals surface area contributed by atoms with Crippen molar-refractivity contribution in [3.63, 3.8) is 0 Å². The molecule has 0 atom stereocenters. The molecule has 0 radical (unpaired) electrons. The monoisotopic (exact) mass is 417 g/mol. The lowest BCUT2D eigenvalue weighted by atomic mass is 10.2. The van der Waals surface area contributed by atoms with Crippen molar-refractivity contribution in [1.29, 1.82) is 0 Å². The number of nitrogens with zero attached hydrogens (tertiary/aromatic N) is 1. The van der Waals surface area contributed by atoms with Gasteiger partial charge in [-0.15, -0.1) is 0 Å². The van der Waals surface area contributed by atoms with Gasteiger partial charge >= 0.3 is 6.03 Å². The minimum absolute atomic E-state index is 0.164. The first-order valence-corrected chi connectivity index (χ1v) is 9.79. The van der Waals surface area contributed by atoms with Gasteiger partial charge in [0.15, 0.2) is 18.0 Å². The Labute approximate surface area is 173 Å². The van der Waals surface area contributed by atoms with E-state index in [9.17, 15) is 9.59 Å². The molecule has 0 spiro atoms. The highest BCUT2D eigenvalue weighted by Gasteiger charge is 2.23. The fourth-order valence-electron chi connectivity index (χ4n) is 3.47. The summed E-state index contributed by atoms with van der Waals surface area (Å²) in [6.07, 6.45) is 0. The standard InChI is InChI=1S/C20H21ClN4O4/c21-14-2-1-3-16(10-14)25-8-6-24(7-9-25)12-19(26)23-20(27)22-15-4-5-17-18(11-15)29-13-28-17/h1-5,10-11H,6-9,12-13H2,(H2,22,23,26,27)/p+1. The highest BCUT2D eigenvalue weighted by Crippen LogP contribution is 2.34. The Morgan fingerprint density at radius 2 is 1.86 bits per heavy atom. The Bertz CT molecular complexity index is 915. The summed E-state index contributed by atoms with van der Waals surface area (Å²) in [5, 5.41) is 5.73. The molecule has 4 rings (SSSR count). The quantitative estimate of drug-likeness (QED) is 0.694. The number of rotatable bonds is 4. The number of imide groups is 1. The van der Waals surface area contributed by atoms with E-state index >= 15 is 0 Å². The van der Waals surface area contributed by atoms with E-state index < -0.39 is 6.03 Å². The third-order valence-corrected chi connectivity index (χ3v) is 5.17. The minimum Gasteiger partial charge on any atom is -0.454 e. The molecule has 2 aromatic rings. The maximum absolute atomic E-state index is 12.2. The molecule has 0 bridgehead atoms. The lowest BCUT2D eigenvalue weighted by Gasteiger charge is -2.33. The number of benzene rings is 2. The topological polar surface area (TPSA) is 84.3 Å². The third kappa shape index (κ3) is 4.90. The fraction of sp³-hybridized carbons (Fsp3) is 0.300. The summed E-state index contributed by atoms with van der Waals surface area (Å²) < 4.78 is 10.5. The Hall–Kier alpha value is -2.97. The van der Waals surface area contributed by atoms with Gasteiger partial charge in [-0.1, -0.05) is 17.7 Å². The summed E-state index contributed by atoms with van der Waals surface area (Å²) in [5.74, 6) is 0.887. The maximum atomic E-state index is 12.2. The maximum Gasteiger partial charge on any atom is 0.326 e. The van der Waals surface area contributed by atoms with Crippen molar-refractivity contribution < 1.29 is 24.0 Å². The molecule has 1 fully saturated rings. The van der Waals surface area contributed by atoms with E-state index in [-0.39, 0.29) is 19.2 Å². The van der Waals surface area contributed by atoms with E-state index in [0.717, 1.165) is 36.8 Å². The van der Waals surface area contributed by atoms with E-state index in [0.29, 0.717) is 22.2 Å². The van der Waals surface area contributed by atoms with Gasteiger partial charge in [-0.3, -0.25) is 10.1 Å². The zero-order valence-corrected chi connectivity index (χ0v) is 16.5. The molecule has 2 heterocycles. The summed E-state index contributed by atoms with van der Waals surface area (Å²) in [6, 6.07) is 12.3. The van der Waals surface area contributed by atoms with Gasteiger partial charge in [0.2, 0.25) is 6.79 Å². The molecule has 2 aliphatic heterocycles. The summed E-state index contributed by atoms with van der Waals surface area (Å²) in [6.45, 7) is 3.68. The van der Waals surface area contributed by atoms with Gasteiger partial charge in [0, 0.05) is 22.5 Å². The van der Waals surface area contributed by atoms with Crippen molar-refractivity contribution in [2.24, 2.45) is 0 Å². The molecule has 1 saturated heterocycles. The van der Waals surface area contributed by atoms with Crippen LogP contribution in [0.2, 0.25) is 5.02 Å². The second-order valence-corrected chi connectivity index (χ2v) is 7.40. The number of ether oxygens (including phenoxy) is 2. The summed E-state index contributed by atoms with van der Waals surface area (Å²) in [4.78, 5) is 27.7. The van der Waals surface area contributed by atoms with Crippen LogP contribution < -0.4 is 29.9 Å². The van der Waals surface area contributed by atoms with E-state index in [1.807, 2.05) is 24.3 Å². The molecule has 0 aliphatic carbocycles. The first-order valence-electron chi connectivity index (χ1n) is 9.41. The smallest absolute Gasteiger partial charge is 0.326 e. The second kappa shape index (κ2) is 8.59. The van der Waals surface area contributed by atoms with Gasteiger partial charge in [-0.25, -0.2) is 4.79 Å². The van der Waals surface area contributed by atoms with Crippen molar-refractivity contribution in [2.45, 2.75) is 0 Å². The molecule has 2 aromatic carbocycles. The van der Waals surface area contributed by atoms with Crippen molar-refractivity contribution in [3.8, 4) is 11.5 Å². The van der Waals surface area contributed by atoms with Crippen molar-refractivity contribution in [3.05, 3.63) is 47.5 Å². The van der Waals surface area contributed by atoms with Gasteiger partial charge in [0.1, 0.15) is 0 Å². The van der Waals surface area contributed by atoms with Crippen molar-refractivity contribution in [1.82, 2.24) is 5.32 Å². The van der Waals surface area contributed by atoms with E-state index in [4.69, 9.17) is 21.1 Å². The number of amides is 3. The number of piperazine rings is 1. The number of anilines is 2. The number of quaternary nitrogens is 1. The third-order valence-electron chi connectivity index (χ3n) is 4.94. The molecule has 9 heteroatoms. The molecule has 3 amide bonds. The molecule has 8 nitrogen and oxygen atoms in total. The van der Waals surface area contributed by atoms with Crippen LogP contribution in [0.25, 0.3) is 0 Å². The summed E-state index contributed by atoms with van der Waals surface area (Å²) in [7, 11) is 0. The average molecular weight is 418 g/mol. The molecule has 2 aliphatic rings. The minimum atomic E-state index is -0.564. The van der Waals surface area contributed by atoms with Crippen LogP contribution in [0.4, 0.5) is 16.2 Å². The Morgan fingerprint density at radius 3 is 2.66 bits per heavy atom. The number of nitrogens with one attached hydrogen (secondary N) is 3. The van der Waals surface area contributed by atoms with Gasteiger partial charge in [-0.05, 0) is 30.3 Å². The highest BCUT2D eigenvalue weighted by atomic mass is 35.5. The number of carbonyl (C=O) groups excluding carboxylic acids is 2. The van der Waals surface area contributed by atoms with Crippen LogP contribution in [0.5, 0.6) is 11.5 Å². The van der Waals surface area contributed by atoms with Crippen LogP contribution in [0, 0.1) is 0 Å². The highest BCUT2D eigenvalue weighted by molar-refractivity contribution is 6.30. The average Bonchev–Trinajstić information content (AvgIpc) is 3.16. The van der Waals surface area contributed by atoms with Crippen LogP contribution in [0.1, 0.15) is 0 Å². The Morgan fingerprint density at radius 1 is 1.07 bits per heavy atom. The van der Waals surface area contributed by atoms with Crippen LogP contribution in [0.15, 0.2) is 42.5 Å². The lowest BCUT2D eigenvalue weighted by Crippen LogP contribution is -3.16. The molecular formula is C20H22ClN4O4+. The lowest BCUT2D eigenvalue weighted by molar-refractivity contribution is -0.892. The van der Waals surface area contributed by atoms with Crippen LogP contribution in [-0.4, -0.2) is 51.5 Å². The molecular weight excluding hydrogens is 396 g/mol. The number of hydrogen-bond acceptors (Lipinski definition) is 5. The first-order chi connectivity index (χ1) is 14.1. The predicted molar refractivity (Wildman–Crippen MR) is 109 cm³/mol. The van der Waals surface area contributed by atoms with Crippen molar-refractivity contribution in [2.75, 3.05) is 49.7 Å². The number of urea groups is 1. The summed E-state index contributed by atoms with van der Waals surface area (Å²) in [5.41, 5.74) is 1.62. The van der Waals surface area contributed by atoms with Crippen LogP contribution in [0.3, 0.4) is 0 Å².